The molecule has 2 aliphatic rings. The van der Waals surface area contributed by atoms with E-state index >= 15 is 0 Å². The molecule has 0 aromatic carbocycles. The quantitative estimate of drug-likeness (QED) is 0.737. The average Bonchev–Trinajstić information content (AvgIpc) is 2.65. The third-order valence-corrected chi connectivity index (χ3v) is 3.74. The van der Waals surface area contributed by atoms with E-state index in [1.165, 1.54) is 0 Å². The van der Waals surface area contributed by atoms with Gasteiger partial charge >= 0.3 is 0 Å². The summed E-state index contributed by atoms with van der Waals surface area (Å²) in [6.07, 6.45) is 2.85. The molecule has 2 saturated heterocycles. The number of carbonyl (C=O) groups is 1. The lowest BCUT2D eigenvalue weighted by Crippen LogP contribution is -2.43. The van der Waals surface area contributed by atoms with E-state index in [9.17, 15) is 9.90 Å². The average molecular weight is 226 g/mol. The minimum Gasteiger partial charge on any atom is -0.392 e. The maximum Gasteiger partial charge on any atom is 0.236 e. The summed E-state index contributed by atoms with van der Waals surface area (Å²) in [7, 11) is 0. The Bertz CT molecular complexity index is 249. The number of rotatable bonds is 2. The molecule has 0 saturated carbocycles. The third-order valence-electron chi connectivity index (χ3n) is 3.74. The molecule has 0 aromatic rings. The number of carbonyl (C=O) groups excluding carboxylic acids is 1. The van der Waals surface area contributed by atoms with E-state index in [4.69, 9.17) is 0 Å². The number of piperidine rings is 1. The zero-order valence-electron chi connectivity index (χ0n) is 10.1. The Balaban J connectivity index is 1.75. The van der Waals surface area contributed by atoms with Gasteiger partial charge in [-0.05, 0) is 25.2 Å². The first-order valence-corrected chi connectivity index (χ1v) is 6.33. The lowest BCUT2D eigenvalue weighted by molar-refractivity contribution is -0.133. The van der Waals surface area contributed by atoms with Crippen molar-refractivity contribution in [1.29, 1.82) is 0 Å². The Kier molecular flexibility index (Phi) is 3.82. The number of nitrogens with zero attached hydrogens (tertiary/aromatic N) is 2. The Morgan fingerprint density at radius 3 is 2.50 bits per heavy atom. The summed E-state index contributed by atoms with van der Waals surface area (Å²) >= 11 is 0. The van der Waals surface area contributed by atoms with E-state index in [0.29, 0.717) is 13.1 Å². The number of aliphatic hydroxyl groups is 1. The van der Waals surface area contributed by atoms with Crippen LogP contribution in [0, 0.1) is 5.92 Å². The smallest absolute Gasteiger partial charge is 0.236 e. The van der Waals surface area contributed by atoms with Crippen molar-refractivity contribution in [1.82, 2.24) is 9.80 Å². The van der Waals surface area contributed by atoms with Gasteiger partial charge in [-0.25, -0.2) is 0 Å². The van der Waals surface area contributed by atoms with E-state index in [1.807, 2.05) is 4.90 Å². The van der Waals surface area contributed by atoms with Gasteiger partial charge < -0.3 is 10.0 Å². The molecule has 2 heterocycles. The first-order valence-electron chi connectivity index (χ1n) is 6.33. The molecule has 2 fully saturated rings. The highest BCUT2D eigenvalue weighted by Crippen LogP contribution is 2.16. The molecule has 4 nitrogen and oxygen atoms in total. The fraction of sp³-hybridized carbons (Fsp3) is 0.917. The predicted molar refractivity (Wildman–Crippen MR) is 62.0 cm³/mol. The van der Waals surface area contributed by atoms with Crippen LogP contribution >= 0.6 is 0 Å². The van der Waals surface area contributed by atoms with Gasteiger partial charge in [0.15, 0.2) is 0 Å². The van der Waals surface area contributed by atoms with Gasteiger partial charge in [0, 0.05) is 26.2 Å². The first kappa shape index (κ1) is 11.9. The summed E-state index contributed by atoms with van der Waals surface area (Å²) in [4.78, 5) is 16.0. The van der Waals surface area contributed by atoms with Gasteiger partial charge in [-0.2, -0.15) is 0 Å². The topological polar surface area (TPSA) is 43.8 Å². The van der Waals surface area contributed by atoms with Gasteiger partial charge in [-0.15, -0.1) is 0 Å². The lowest BCUT2D eigenvalue weighted by Gasteiger charge is -2.31. The Morgan fingerprint density at radius 2 is 1.94 bits per heavy atom. The number of hydrogen-bond acceptors (Lipinski definition) is 3. The van der Waals surface area contributed by atoms with Gasteiger partial charge in [0.05, 0.1) is 12.6 Å². The Labute approximate surface area is 97.2 Å². The van der Waals surface area contributed by atoms with Crippen LogP contribution in [0.1, 0.15) is 26.2 Å². The molecular weight excluding hydrogens is 204 g/mol. The molecule has 92 valence electrons. The summed E-state index contributed by atoms with van der Waals surface area (Å²) in [5, 5.41) is 9.39. The predicted octanol–water partition coefficient (Wildman–Crippen LogP) is 0.311. The summed E-state index contributed by atoms with van der Waals surface area (Å²) in [5.74, 6) is 0.999. The third kappa shape index (κ3) is 2.95. The highest BCUT2D eigenvalue weighted by Gasteiger charge is 2.25. The SMILES string of the molecule is CC1CCN(C(=O)CN2CC[C@H](O)C2)CC1. The van der Waals surface area contributed by atoms with Gasteiger partial charge in [-0.3, -0.25) is 9.69 Å². The molecular formula is C12H22N2O2. The van der Waals surface area contributed by atoms with Crippen LogP contribution in [0.5, 0.6) is 0 Å². The van der Waals surface area contributed by atoms with Crippen molar-refractivity contribution in [2.45, 2.75) is 32.3 Å². The molecule has 0 radical (unpaired) electrons. The van der Waals surface area contributed by atoms with Gasteiger partial charge in [0.2, 0.25) is 5.91 Å². The zero-order valence-corrected chi connectivity index (χ0v) is 10.1. The van der Waals surface area contributed by atoms with Crippen LogP contribution < -0.4 is 0 Å². The second-order valence-corrected chi connectivity index (χ2v) is 5.24. The molecule has 16 heavy (non-hydrogen) atoms. The Hall–Kier alpha value is -0.610. The molecule has 0 aromatic heterocycles. The standard InChI is InChI=1S/C12H22N2O2/c1-10-2-6-14(7-3-10)12(16)9-13-5-4-11(15)8-13/h10-11,15H,2-9H2,1H3/t11-/m0/s1. The van der Waals surface area contributed by atoms with Crippen molar-refractivity contribution in [3.63, 3.8) is 0 Å². The summed E-state index contributed by atoms with van der Waals surface area (Å²) in [6, 6.07) is 0. The van der Waals surface area contributed by atoms with Crippen molar-refractivity contribution in [2.24, 2.45) is 5.92 Å². The highest BCUT2D eigenvalue weighted by molar-refractivity contribution is 5.78. The molecule has 1 atom stereocenters. The highest BCUT2D eigenvalue weighted by atomic mass is 16.3. The van der Waals surface area contributed by atoms with Crippen LogP contribution in [0.25, 0.3) is 0 Å². The Morgan fingerprint density at radius 1 is 1.25 bits per heavy atom. The number of β-amino-alcohol motifs (C(OH)–C–C–N with tert-alkyl or cyclic N) is 1. The van der Waals surface area contributed by atoms with Crippen LogP contribution in [-0.4, -0.2) is 59.6 Å². The van der Waals surface area contributed by atoms with Crippen LogP contribution in [0.15, 0.2) is 0 Å². The lowest BCUT2D eigenvalue weighted by atomic mass is 9.99. The summed E-state index contributed by atoms with van der Waals surface area (Å²) < 4.78 is 0. The van der Waals surface area contributed by atoms with Crippen molar-refractivity contribution < 1.29 is 9.90 Å². The summed E-state index contributed by atoms with van der Waals surface area (Å²) in [6.45, 7) is 6.09. The molecule has 4 heteroatoms. The van der Waals surface area contributed by atoms with Crippen molar-refractivity contribution in [3.8, 4) is 0 Å². The van der Waals surface area contributed by atoms with E-state index in [0.717, 1.165) is 44.8 Å². The van der Waals surface area contributed by atoms with E-state index in [2.05, 4.69) is 11.8 Å². The molecule has 1 amide bonds. The van der Waals surface area contributed by atoms with Crippen LogP contribution in [0.3, 0.4) is 0 Å². The minimum absolute atomic E-state index is 0.228. The molecule has 2 rings (SSSR count). The molecule has 2 aliphatic heterocycles. The number of amides is 1. The van der Waals surface area contributed by atoms with Crippen molar-refractivity contribution in [2.75, 3.05) is 32.7 Å². The number of aliphatic hydroxyl groups excluding tert-OH is 1. The van der Waals surface area contributed by atoms with E-state index < -0.39 is 0 Å². The normalized spacial score (nSPS) is 28.6. The van der Waals surface area contributed by atoms with Gasteiger partial charge in [0.25, 0.3) is 0 Å². The van der Waals surface area contributed by atoms with E-state index in [1.54, 1.807) is 0 Å². The van der Waals surface area contributed by atoms with Crippen LogP contribution in [0.4, 0.5) is 0 Å². The summed E-state index contributed by atoms with van der Waals surface area (Å²) in [5.41, 5.74) is 0. The first-order chi connectivity index (χ1) is 7.65. The van der Waals surface area contributed by atoms with Crippen molar-refractivity contribution in [3.05, 3.63) is 0 Å². The van der Waals surface area contributed by atoms with Crippen LogP contribution in [-0.2, 0) is 4.79 Å². The largest absolute Gasteiger partial charge is 0.392 e. The monoisotopic (exact) mass is 226 g/mol. The molecule has 0 bridgehead atoms. The van der Waals surface area contributed by atoms with Gasteiger partial charge in [-0.1, -0.05) is 6.92 Å². The molecule has 1 N–H and O–H groups in total. The molecule has 0 unspecified atom stereocenters. The second kappa shape index (κ2) is 5.15. The van der Waals surface area contributed by atoms with E-state index in [-0.39, 0.29) is 12.0 Å². The second-order valence-electron chi connectivity index (χ2n) is 5.24. The molecule has 0 spiro atoms. The minimum atomic E-state index is -0.228. The maximum atomic E-state index is 12.0. The fourth-order valence-electron chi connectivity index (χ4n) is 2.51. The number of hydrogen-bond donors (Lipinski definition) is 1. The van der Waals surface area contributed by atoms with Crippen molar-refractivity contribution >= 4 is 5.91 Å². The fourth-order valence-corrected chi connectivity index (χ4v) is 2.51. The van der Waals surface area contributed by atoms with Gasteiger partial charge in [0.1, 0.15) is 0 Å². The number of likely N-dealkylation sites (tertiary alicyclic amines) is 2. The zero-order chi connectivity index (χ0) is 11.5. The maximum absolute atomic E-state index is 12.0. The van der Waals surface area contributed by atoms with Crippen LogP contribution in [0.2, 0.25) is 0 Å². The molecule has 0 aliphatic carbocycles.